The summed E-state index contributed by atoms with van der Waals surface area (Å²) in [4.78, 5) is 22.5. The fourth-order valence-electron chi connectivity index (χ4n) is 4.76. The molecule has 4 heterocycles. The lowest BCUT2D eigenvalue weighted by Crippen LogP contribution is -2.30. The molecule has 170 valence electrons. The predicted molar refractivity (Wildman–Crippen MR) is 120 cm³/mol. The SMILES string of the molecule is CNc1c(F)cc(F)c2c1[nH]c1nc(Oc3cnc(C)nc3)nc(N3C[C@H](N)C4(CC4)C3)c12. The van der Waals surface area contributed by atoms with Crippen molar-refractivity contribution in [2.45, 2.75) is 25.8 Å². The van der Waals surface area contributed by atoms with E-state index in [2.05, 4.69) is 35.1 Å². The molecular weight excluding hydrogens is 430 g/mol. The average Bonchev–Trinajstić information content (AvgIpc) is 3.35. The van der Waals surface area contributed by atoms with E-state index in [1.807, 2.05) is 0 Å². The van der Waals surface area contributed by atoms with Crippen LogP contribution in [0.25, 0.3) is 21.9 Å². The molecule has 2 aliphatic rings. The maximum absolute atomic E-state index is 15.1. The Kier molecular flexibility index (Phi) is 4.22. The lowest BCUT2D eigenvalue weighted by Gasteiger charge is -2.19. The summed E-state index contributed by atoms with van der Waals surface area (Å²) in [7, 11) is 1.58. The number of aromatic amines is 1. The summed E-state index contributed by atoms with van der Waals surface area (Å²) in [5.74, 6) is 0.0840. The Balaban J connectivity index is 1.57. The lowest BCUT2D eigenvalue weighted by atomic mass is 10.0. The van der Waals surface area contributed by atoms with Gasteiger partial charge in [0.05, 0.1) is 34.4 Å². The molecule has 4 aromatic rings. The second-order valence-corrected chi connectivity index (χ2v) is 8.81. The molecule has 33 heavy (non-hydrogen) atoms. The van der Waals surface area contributed by atoms with Gasteiger partial charge in [0, 0.05) is 37.7 Å². The monoisotopic (exact) mass is 452 g/mol. The molecule has 4 N–H and O–H groups in total. The molecule has 3 aromatic heterocycles. The Morgan fingerprint density at radius 3 is 2.61 bits per heavy atom. The van der Waals surface area contributed by atoms with Crippen LogP contribution in [-0.2, 0) is 0 Å². The first-order valence-corrected chi connectivity index (χ1v) is 10.7. The van der Waals surface area contributed by atoms with Gasteiger partial charge in [-0.2, -0.15) is 9.97 Å². The van der Waals surface area contributed by atoms with Gasteiger partial charge in [0.25, 0.3) is 0 Å². The molecule has 0 bridgehead atoms. The van der Waals surface area contributed by atoms with Crippen molar-refractivity contribution in [3.63, 3.8) is 0 Å². The van der Waals surface area contributed by atoms with Crippen molar-refractivity contribution >= 4 is 33.4 Å². The Hall–Kier alpha value is -3.60. The van der Waals surface area contributed by atoms with Gasteiger partial charge in [-0.1, -0.05) is 0 Å². The number of benzene rings is 1. The molecule has 1 saturated carbocycles. The van der Waals surface area contributed by atoms with Crippen molar-refractivity contribution in [3.8, 4) is 11.8 Å². The maximum atomic E-state index is 15.1. The van der Waals surface area contributed by atoms with Crippen molar-refractivity contribution < 1.29 is 13.5 Å². The van der Waals surface area contributed by atoms with Crippen molar-refractivity contribution in [2.24, 2.45) is 11.1 Å². The molecule has 1 aliphatic carbocycles. The second kappa shape index (κ2) is 6.95. The molecule has 9 nitrogen and oxygen atoms in total. The fraction of sp³-hybridized carbons (Fsp3) is 0.364. The van der Waals surface area contributed by atoms with Crippen LogP contribution in [0.2, 0.25) is 0 Å². The Bertz CT molecular complexity index is 1400. The topological polar surface area (TPSA) is 118 Å². The van der Waals surface area contributed by atoms with Crippen LogP contribution in [0.3, 0.4) is 0 Å². The first-order chi connectivity index (χ1) is 15.9. The minimum atomic E-state index is -0.697. The molecule has 1 aromatic carbocycles. The zero-order valence-electron chi connectivity index (χ0n) is 18.1. The predicted octanol–water partition coefficient (Wildman–Crippen LogP) is 3.25. The van der Waals surface area contributed by atoms with E-state index in [-0.39, 0.29) is 34.1 Å². The number of halogens is 2. The maximum Gasteiger partial charge on any atom is 0.326 e. The third-order valence-electron chi connectivity index (χ3n) is 6.71. The van der Waals surface area contributed by atoms with Crippen molar-refractivity contribution in [2.75, 3.05) is 30.4 Å². The van der Waals surface area contributed by atoms with Gasteiger partial charge in [-0.3, -0.25) is 0 Å². The highest BCUT2D eigenvalue weighted by Crippen LogP contribution is 2.53. The number of aryl methyl sites for hydroxylation is 1. The standard InChI is InChI=1S/C22H22F2N8O/c1-10-27-6-11(7-28-10)33-21-30-19-16(15-12(23)5-13(24)17(26-2)18(15)29-19)20(31-21)32-8-14(25)22(9-32)3-4-22/h5-7,14,26H,3-4,8-9,25H2,1-2H3,(H,29,30,31)/t14-/m0/s1. The van der Waals surface area contributed by atoms with Crippen LogP contribution in [0.5, 0.6) is 11.8 Å². The summed E-state index contributed by atoms with van der Waals surface area (Å²) in [5, 5.41) is 3.50. The smallest absolute Gasteiger partial charge is 0.326 e. The highest BCUT2D eigenvalue weighted by Gasteiger charge is 2.54. The summed E-state index contributed by atoms with van der Waals surface area (Å²) >= 11 is 0. The van der Waals surface area contributed by atoms with Gasteiger partial charge < -0.3 is 25.7 Å². The van der Waals surface area contributed by atoms with E-state index < -0.39 is 11.6 Å². The van der Waals surface area contributed by atoms with Crippen LogP contribution in [0.4, 0.5) is 20.3 Å². The van der Waals surface area contributed by atoms with E-state index in [4.69, 9.17) is 10.5 Å². The van der Waals surface area contributed by atoms with Gasteiger partial charge in [-0.05, 0) is 19.8 Å². The quantitative estimate of drug-likeness (QED) is 0.432. The van der Waals surface area contributed by atoms with Gasteiger partial charge in [-0.25, -0.2) is 18.7 Å². The number of hydrogen-bond acceptors (Lipinski definition) is 8. The van der Waals surface area contributed by atoms with E-state index in [1.54, 1.807) is 14.0 Å². The number of fused-ring (bicyclic) bond motifs is 3. The molecule has 1 atom stereocenters. The van der Waals surface area contributed by atoms with E-state index in [0.717, 1.165) is 18.9 Å². The molecule has 0 amide bonds. The number of nitrogens with zero attached hydrogens (tertiary/aromatic N) is 5. The third-order valence-corrected chi connectivity index (χ3v) is 6.71. The molecule has 1 spiro atoms. The number of anilines is 2. The molecule has 1 aliphatic heterocycles. The number of nitrogens with one attached hydrogen (secondary N) is 2. The van der Waals surface area contributed by atoms with Crippen molar-refractivity contribution in [3.05, 3.63) is 35.9 Å². The van der Waals surface area contributed by atoms with Gasteiger partial charge >= 0.3 is 6.01 Å². The number of ether oxygens (including phenoxy) is 1. The van der Waals surface area contributed by atoms with Crippen molar-refractivity contribution in [1.82, 2.24) is 24.9 Å². The average molecular weight is 452 g/mol. The Morgan fingerprint density at radius 2 is 1.94 bits per heavy atom. The zero-order chi connectivity index (χ0) is 22.9. The lowest BCUT2D eigenvalue weighted by molar-refractivity contribution is 0.439. The minimum Gasteiger partial charge on any atom is -0.421 e. The normalized spacial score (nSPS) is 19.1. The summed E-state index contributed by atoms with van der Waals surface area (Å²) in [6.07, 6.45) is 5.17. The highest BCUT2D eigenvalue weighted by atomic mass is 19.1. The number of hydrogen-bond donors (Lipinski definition) is 3. The van der Waals surface area contributed by atoms with Crippen LogP contribution in [-0.4, -0.2) is 51.1 Å². The van der Waals surface area contributed by atoms with E-state index in [9.17, 15) is 4.39 Å². The van der Waals surface area contributed by atoms with Crippen LogP contribution in [0.1, 0.15) is 18.7 Å². The fourth-order valence-corrected chi connectivity index (χ4v) is 4.76. The van der Waals surface area contributed by atoms with Crippen LogP contribution in [0, 0.1) is 24.0 Å². The van der Waals surface area contributed by atoms with Crippen molar-refractivity contribution in [1.29, 1.82) is 0 Å². The first-order valence-electron chi connectivity index (χ1n) is 10.7. The van der Waals surface area contributed by atoms with E-state index in [1.165, 1.54) is 12.4 Å². The molecule has 1 saturated heterocycles. The van der Waals surface area contributed by atoms with Gasteiger partial charge in [0.1, 0.15) is 23.1 Å². The number of rotatable bonds is 4. The third kappa shape index (κ3) is 3.06. The van der Waals surface area contributed by atoms with Gasteiger partial charge in [0.15, 0.2) is 11.6 Å². The highest BCUT2D eigenvalue weighted by molar-refractivity contribution is 6.15. The number of nitrogens with two attached hydrogens (primary N) is 1. The summed E-state index contributed by atoms with van der Waals surface area (Å²) < 4.78 is 35.4. The molecule has 0 radical (unpaired) electrons. The summed E-state index contributed by atoms with van der Waals surface area (Å²) in [6.45, 7) is 3.06. The molecule has 2 fully saturated rings. The van der Waals surface area contributed by atoms with E-state index in [0.29, 0.717) is 41.5 Å². The minimum absolute atomic E-state index is 0.00208. The first kappa shape index (κ1) is 20.0. The van der Waals surface area contributed by atoms with Crippen LogP contribution >= 0.6 is 0 Å². The summed E-state index contributed by atoms with van der Waals surface area (Å²) in [5.41, 5.74) is 7.27. The second-order valence-electron chi connectivity index (χ2n) is 8.81. The molecule has 0 unspecified atom stereocenters. The molecular formula is C22H22F2N8O. The largest absolute Gasteiger partial charge is 0.421 e. The van der Waals surface area contributed by atoms with Gasteiger partial charge in [-0.15, -0.1) is 0 Å². The molecule has 6 rings (SSSR count). The van der Waals surface area contributed by atoms with E-state index >= 15 is 4.39 Å². The van der Waals surface area contributed by atoms with Crippen LogP contribution < -0.4 is 20.7 Å². The Labute approximate surface area is 187 Å². The number of aromatic nitrogens is 5. The summed E-state index contributed by atoms with van der Waals surface area (Å²) in [6, 6.07) is 0.920. The van der Waals surface area contributed by atoms with Gasteiger partial charge in [0.2, 0.25) is 0 Å². The molecule has 11 heteroatoms. The van der Waals surface area contributed by atoms with Crippen LogP contribution in [0.15, 0.2) is 18.5 Å². The zero-order valence-corrected chi connectivity index (χ0v) is 18.1. The Morgan fingerprint density at radius 1 is 1.18 bits per heavy atom. The number of H-pyrrole nitrogens is 1.